The van der Waals surface area contributed by atoms with E-state index in [2.05, 4.69) is 46.3 Å². The maximum Gasteiger partial charge on any atom is 0.139 e. The summed E-state index contributed by atoms with van der Waals surface area (Å²) in [5.74, 6) is 0.568. The second-order valence-corrected chi connectivity index (χ2v) is 8.37. The summed E-state index contributed by atoms with van der Waals surface area (Å²) in [4.78, 5) is 19.0. The van der Waals surface area contributed by atoms with E-state index in [1.54, 1.807) is 0 Å². The van der Waals surface area contributed by atoms with E-state index in [0.717, 1.165) is 32.4 Å². The van der Waals surface area contributed by atoms with Crippen LogP contribution in [0.1, 0.15) is 42.1 Å². The average Bonchev–Trinajstić information content (AvgIpc) is 3.14. The molecule has 5 rings (SSSR count). The minimum absolute atomic E-state index is 0.150. The number of H-pyrrole nitrogens is 1. The molecular formula is C25H28N2O2. The molecule has 2 atom stereocenters. The van der Waals surface area contributed by atoms with Gasteiger partial charge in [-0.15, -0.1) is 0 Å². The highest BCUT2D eigenvalue weighted by atomic mass is 16.5. The molecule has 3 heterocycles. The molecule has 2 aromatic carbocycles. The van der Waals surface area contributed by atoms with Gasteiger partial charge in [-0.2, -0.15) is 0 Å². The van der Waals surface area contributed by atoms with E-state index in [1.807, 2.05) is 18.2 Å². The quantitative estimate of drug-likeness (QED) is 0.625. The van der Waals surface area contributed by atoms with E-state index < -0.39 is 0 Å². The molecule has 1 unspecified atom stereocenters. The van der Waals surface area contributed by atoms with Gasteiger partial charge in [-0.05, 0) is 36.5 Å². The summed E-state index contributed by atoms with van der Waals surface area (Å²) in [5.41, 5.74) is 5.09. The number of para-hydroxylation sites is 1. The average molecular weight is 389 g/mol. The van der Waals surface area contributed by atoms with Crippen LogP contribution in [0.3, 0.4) is 0 Å². The number of aromatic amines is 1. The van der Waals surface area contributed by atoms with Crippen molar-refractivity contribution in [3.63, 3.8) is 0 Å². The van der Waals surface area contributed by atoms with Crippen LogP contribution in [0.25, 0.3) is 10.9 Å². The fraction of sp³-hybridized carbons (Fsp3) is 0.400. The van der Waals surface area contributed by atoms with Crippen molar-refractivity contribution in [3.05, 3.63) is 71.4 Å². The third-order valence-corrected chi connectivity index (χ3v) is 6.53. The minimum Gasteiger partial charge on any atom is -0.377 e. The fourth-order valence-electron chi connectivity index (χ4n) is 5.01. The first-order chi connectivity index (χ1) is 14.3. The lowest BCUT2D eigenvalue weighted by molar-refractivity contribution is -0.129. The number of nitrogens with one attached hydrogen (secondary N) is 1. The third-order valence-electron chi connectivity index (χ3n) is 6.53. The highest BCUT2D eigenvalue weighted by Gasteiger charge is 2.38. The molecule has 2 aliphatic rings. The number of aromatic nitrogens is 1. The van der Waals surface area contributed by atoms with Gasteiger partial charge in [0.2, 0.25) is 0 Å². The van der Waals surface area contributed by atoms with Crippen molar-refractivity contribution >= 4 is 16.7 Å². The highest BCUT2D eigenvalue weighted by molar-refractivity contribution is 5.87. The number of hydrogen-bond donors (Lipinski definition) is 1. The Labute approximate surface area is 171 Å². The predicted molar refractivity (Wildman–Crippen MR) is 115 cm³/mol. The van der Waals surface area contributed by atoms with E-state index in [4.69, 9.17) is 4.74 Å². The van der Waals surface area contributed by atoms with Crippen LogP contribution in [0.2, 0.25) is 0 Å². The Balaban J connectivity index is 1.17. The van der Waals surface area contributed by atoms with E-state index in [-0.39, 0.29) is 12.0 Å². The summed E-state index contributed by atoms with van der Waals surface area (Å²) >= 11 is 0. The molecule has 3 aromatic rings. The number of Topliss-reactive ketones (excluding diaryl/α,β-unsaturated/α-hetero) is 1. The summed E-state index contributed by atoms with van der Waals surface area (Å²) in [5, 5.41) is 1.33. The Morgan fingerprint density at radius 3 is 2.79 bits per heavy atom. The van der Waals surface area contributed by atoms with E-state index in [9.17, 15) is 4.79 Å². The molecule has 150 valence electrons. The van der Waals surface area contributed by atoms with Crippen LogP contribution in [0.4, 0.5) is 0 Å². The molecule has 1 N–H and O–H groups in total. The lowest BCUT2D eigenvalue weighted by Crippen LogP contribution is -2.46. The molecule has 1 aromatic heterocycles. The summed E-state index contributed by atoms with van der Waals surface area (Å²) in [6, 6.07) is 19.0. The largest absolute Gasteiger partial charge is 0.377 e. The molecule has 0 radical (unpaired) electrons. The van der Waals surface area contributed by atoms with E-state index >= 15 is 0 Å². The molecule has 2 aliphatic heterocycles. The molecule has 4 heteroatoms. The van der Waals surface area contributed by atoms with Crippen molar-refractivity contribution < 1.29 is 9.53 Å². The van der Waals surface area contributed by atoms with Gasteiger partial charge in [0.15, 0.2) is 0 Å². The van der Waals surface area contributed by atoms with Gasteiger partial charge < -0.3 is 9.72 Å². The van der Waals surface area contributed by atoms with E-state index in [0.29, 0.717) is 25.4 Å². The predicted octanol–water partition coefficient (Wildman–Crippen LogP) is 4.65. The lowest BCUT2D eigenvalue weighted by atomic mass is 9.83. The summed E-state index contributed by atoms with van der Waals surface area (Å²) < 4.78 is 5.80. The standard InChI is InChI=1S/C25H28N2O2/c28-24-15-23-25-21(20-10-4-5-11-22(20)26-25)12-13-27(23)16-19(24)9-6-14-29-17-18-7-2-1-3-8-18/h1-5,7-8,10-11,19,23,26H,6,9,12-17H2/t19?,23-/m0/s1. The summed E-state index contributed by atoms with van der Waals surface area (Å²) in [7, 11) is 0. The maximum absolute atomic E-state index is 12.9. The molecular weight excluding hydrogens is 360 g/mol. The molecule has 0 aliphatic carbocycles. The Morgan fingerprint density at radius 1 is 1.07 bits per heavy atom. The second kappa shape index (κ2) is 8.13. The monoisotopic (exact) mass is 388 g/mol. The molecule has 29 heavy (non-hydrogen) atoms. The van der Waals surface area contributed by atoms with Gasteiger partial charge in [-0.3, -0.25) is 9.69 Å². The molecule has 0 amide bonds. The number of rotatable bonds is 6. The Morgan fingerprint density at radius 2 is 1.90 bits per heavy atom. The number of fused-ring (bicyclic) bond motifs is 5. The van der Waals surface area contributed by atoms with Gasteiger partial charge in [0.25, 0.3) is 0 Å². The maximum atomic E-state index is 12.9. The molecule has 1 fully saturated rings. The zero-order valence-electron chi connectivity index (χ0n) is 16.8. The zero-order valence-corrected chi connectivity index (χ0v) is 16.8. The minimum atomic E-state index is 0.150. The molecule has 0 bridgehead atoms. The van der Waals surface area contributed by atoms with Crippen LogP contribution in [-0.2, 0) is 22.6 Å². The van der Waals surface area contributed by atoms with Gasteiger partial charge >= 0.3 is 0 Å². The molecule has 0 spiro atoms. The zero-order chi connectivity index (χ0) is 19.6. The number of benzene rings is 2. The van der Waals surface area contributed by atoms with Crippen molar-refractivity contribution in [2.24, 2.45) is 5.92 Å². The Bertz CT molecular complexity index is 994. The number of nitrogens with zero attached hydrogens (tertiary/aromatic N) is 1. The number of carbonyl (C=O) groups is 1. The first-order valence-electron chi connectivity index (χ1n) is 10.8. The number of ketones is 1. The number of hydrogen-bond acceptors (Lipinski definition) is 3. The van der Waals surface area contributed by atoms with Crippen molar-refractivity contribution in [1.29, 1.82) is 0 Å². The first kappa shape index (κ1) is 18.6. The summed E-state index contributed by atoms with van der Waals surface area (Å²) in [6.07, 6.45) is 3.57. The molecule has 1 saturated heterocycles. The van der Waals surface area contributed by atoms with Gasteiger partial charge in [-0.25, -0.2) is 0 Å². The van der Waals surface area contributed by atoms with Gasteiger partial charge in [-0.1, -0.05) is 48.5 Å². The van der Waals surface area contributed by atoms with Crippen LogP contribution in [0.5, 0.6) is 0 Å². The Hall–Kier alpha value is -2.43. The van der Waals surface area contributed by atoms with Crippen molar-refractivity contribution in [1.82, 2.24) is 9.88 Å². The smallest absolute Gasteiger partial charge is 0.139 e. The topological polar surface area (TPSA) is 45.3 Å². The second-order valence-electron chi connectivity index (χ2n) is 8.37. The number of piperidine rings is 1. The van der Waals surface area contributed by atoms with Gasteiger partial charge in [0.05, 0.1) is 12.6 Å². The highest BCUT2D eigenvalue weighted by Crippen LogP contribution is 2.40. The summed E-state index contributed by atoms with van der Waals surface area (Å²) in [6.45, 7) is 3.30. The van der Waals surface area contributed by atoms with Crippen LogP contribution >= 0.6 is 0 Å². The SMILES string of the molecule is O=C1C[C@H]2c3[nH]c4ccccc4c3CCN2CC1CCCOCc1ccccc1. The van der Waals surface area contributed by atoms with Crippen molar-refractivity contribution in [2.75, 3.05) is 19.7 Å². The number of ether oxygens (including phenoxy) is 1. The van der Waals surface area contributed by atoms with Crippen LogP contribution in [0, 0.1) is 5.92 Å². The first-order valence-corrected chi connectivity index (χ1v) is 10.8. The molecule has 0 saturated carbocycles. The number of carbonyl (C=O) groups excluding carboxylic acids is 1. The van der Waals surface area contributed by atoms with Crippen LogP contribution in [0.15, 0.2) is 54.6 Å². The van der Waals surface area contributed by atoms with Crippen molar-refractivity contribution in [2.45, 2.75) is 38.3 Å². The van der Waals surface area contributed by atoms with Crippen LogP contribution in [-0.4, -0.2) is 35.4 Å². The van der Waals surface area contributed by atoms with E-state index in [1.165, 1.54) is 27.7 Å². The fourth-order valence-corrected chi connectivity index (χ4v) is 5.01. The third kappa shape index (κ3) is 3.75. The Kier molecular flexibility index (Phi) is 5.21. The van der Waals surface area contributed by atoms with Crippen LogP contribution < -0.4 is 0 Å². The molecule has 4 nitrogen and oxygen atoms in total. The normalized spacial score (nSPS) is 21.9. The van der Waals surface area contributed by atoms with Gasteiger partial charge in [0.1, 0.15) is 5.78 Å². The lowest BCUT2D eigenvalue weighted by Gasteiger charge is -2.41. The van der Waals surface area contributed by atoms with Gasteiger partial charge in [0, 0.05) is 48.6 Å². The van der Waals surface area contributed by atoms with Crippen molar-refractivity contribution in [3.8, 4) is 0 Å².